The van der Waals surface area contributed by atoms with Crippen LogP contribution in [0.3, 0.4) is 0 Å². The van der Waals surface area contributed by atoms with E-state index < -0.39 is 5.60 Å². The predicted octanol–water partition coefficient (Wildman–Crippen LogP) is 3.28. The molecule has 1 aromatic heterocycles. The van der Waals surface area contributed by atoms with Gasteiger partial charge in [0.2, 0.25) is 0 Å². The molecule has 1 unspecified atom stereocenters. The Hall–Kier alpha value is -1.39. The molecule has 5 heteroatoms. The highest BCUT2D eigenvalue weighted by Crippen LogP contribution is 2.29. The van der Waals surface area contributed by atoms with Crippen LogP contribution in [0.15, 0.2) is 30.3 Å². The number of aromatic nitrogens is 3. The SMILES string of the molecule is CCC(C)(OC)c1nnc(CCl)n1-c1ccccc1. The van der Waals surface area contributed by atoms with Gasteiger partial charge >= 0.3 is 0 Å². The molecule has 102 valence electrons. The minimum Gasteiger partial charge on any atom is -0.371 e. The zero-order valence-corrected chi connectivity index (χ0v) is 12.2. The Bertz CT molecular complexity index is 535. The van der Waals surface area contributed by atoms with Crippen molar-refractivity contribution >= 4 is 11.6 Å². The summed E-state index contributed by atoms with van der Waals surface area (Å²) in [7, 11) is 1.69. The van der Waals surface area contributed by atoms with Crippen LogP contribution in [0.5, 0.6) is 0 Å². The molecule has 0 aliphatic carbocycles. The number of halogens is 1. The van der Waals surface area contributed by atoms with E-state index in [1.54, 1.807) is 7.11 Å². The molecule has 19 heavy (non-hydrogen) atoms. The Kier molecular flexibility index (Phi) is 4.22. The van der Waals surface area contributed by atoms with Crippen molar-refractivity contribution in [2.75, 3.05) is 7.11 Å². The van der Waals surface area contributed by atoms with E-state index in [0.29, 0.717) is 5.88 Å². The molecule has 0 saturated carbocycles. The number of ether oxygens (including phenoxy) is 1. The Labute approximate surface area is 118 Å². The van der Waals surface area contributed by atoms with Gasteiger partial charge in [0, 0.05) is 12.8 Å². The first-order chi connectivity index (χ1) is 9.16. The minimum atomic E-state index is -0.479. The van der Waals surface area contributed by atoms with Crippen molar-refractivity contribution in [3.8, 4) is 5.69 Å². The third-order valence-electron chi connectivity index (χ3n) is 3.46. The van der Waals surface area contributed by atoms with Crippen molar-refractivity contribution in [2.45, 2.75) is 31.7 Å². The summed E-state index contributed by atoms with van der Waals surface area (Å²) in [4.78, 5) is 0. The smallest absolute Gasteiger partial charge is 0.169 e. The monoisotopic (exact) mass is 279 g/mol. The fourth-order valence-electron chi connectivity index (χ4n) is 1.99. The lowest BCUT2D eigenvalue weighted by molar-refractivity contribution is -0.0105. The molecule has 0 bridgehead atoms. The van der Waals surface area contributed by atoms with E-state index in [1.165, 1.54) is 0 Å². The maximum absolute atomic E-state index is 5.97. The second kappa shape index (κ2) is 5.72. The fourth-order valence-corrected chi connectivity index (χ4v) is 2.16. The molecule has 0 fully saturated rings. The summed E-state index contributed by atoms with van der Waals surface area (Å²) < 4.78 is 7.60. The topological polar surface area (TPSA) is 39.9 Å². The number of alkyl halides is 1. The quantitative estimate of drug-likeness (QED) is 0.789. The lowest BCUT2D eigenvalue weighted by atomic mass is 10.0. The van der Waals surface area contributed by atoms with Crippen LogP contribution in [0.1, 0.15) is 31.9 Å². The molecule has 2 aromatic rings. The van der Waals surface area contributed by atoms with Gasteiger partial charge < -0.3 is 4.74 Å². The Morgan fingerprint density at radius 2 is 1.95 bits per heavy atom. The number of nitrogens with zero attached hydrogens (tertiary/aromatic N) is 3. The van der Waals surface area contributed by atoms with Gasteiger partial charge in [-0.1, -0.05) is 25.1 Å². The van der Waals surface area contributed by atoms with Gasteiger partial charge in [0.05, 0.1) is 5.88 Å². The van der Waals surface area contributed by atoms with E-state index in [-0.39, 0.29) is 0 Å². The second-order valence-electron chi connectivity index (χ2n) is 4.53. The number of benzene rings is 1. The number of rotatable bonds is 5. The van der Waals surface area contributed by atoms with Crippen LogP contribution in [0, 0.1) is 0 Å². The van der Waals surface area contributed by atoms with Gasteiger partial charge in [-0.15, -0.1) is 21.8 Å². The van der Waals surface area contributed by atoms with Crippen LogP contribution in [0.25, 0.3) is 5.69 Å². The number of hydrogen-bond acceptors (Lipinski definition) is 3. The lowest BCUT2D eigenvalue weighted by Crippen LogP contribution is -2.28. The second-order valence-corrected chi connectivity index (χ2v) is 4.80. The highest BCUT2D eigenvalue weighted by molar-refractivity contribution is 6.16. The summed E-state index contributed by atoms with van der Waals surface area (Å²) in [6, 6.07) is 9.95. The molecule has 2 rings (SSSR count). The molecule has 0 spiro atoms. The van der Waals surface area contributed by atoms with Crippen LogP contribution in [0.4, 0.5) is 0 Å². The third-order valence-corrected chi connectivity index (χ3v) is 3.70. The Balaban J connectivity index is 2.61. The van der Waals surface area contributed by atoms with Crippen LogP contribution in [-0.2, 0) is 16.2 Å². The van der Waals surface area contributed by atoms with Gasteiger partial charge in [-0.3, -0.25) is 4.57 Å². The number of methoxy groups -OCH3 is 1. The first kappa shape index (κ1) is 14.0. The standard InChI is InChI=1S/C14H18ClN3O/c1-4-14(2,19-3)13-17-16-12(10-15)18(13)11-8-6-5-7-9-11/h5-9H,4,10H2,1-3H3. The molecule has 0 aliphatic rings. The van der Waals surface area contributed by atoms with Crippen molar-refractivity contribution < 1.29 is 4.74 Å². The highest BCUT2D eigenvalue weighted by atomic mass is 35.5. The molecule has 0 N–H and O–H groups in total. The van der Waals surface area contributed by atoms with Crippen molar-refractivity contribution in [1.29, 1.82) is 0 Å². The molecular weight excluding hydrogens is 262 g/mol. The van der Waals surface area contributed by atoms with E-state index >= 15 is 0 Å². The maximum atomic E-state index is 5.97. The van der Waals surface area contributed by atoms with Gasteiger partial charge in [-0.2, -0.15) is 0 Å². The van der Waals surface area contributed by atoms with Crippen molar-refractivity contribution in [1.82, 2.24) is 14.8 Å². The van der Waals surface area contributed by atoms with Gasteiger partial charge in [0.25, 0.3) is 0 Å². The average molecular weight is 280 g/mol. The van der Waals surface area contributed by atoms with E-state index in [0.717, 1.165) is 23.8 Å². The Morgan fingerprint density at radius 3 is 2.47 bits per heavy atom. The lowest BCUT2D eigenvalue weighted by Gasteiger charge is -2.26. The van der Waals surface area contributed by atoms with Crippen LogP contribution in [-0.4, -0.2) is 21.9 Å². The fraction of sp³-hybridized carbons (Fsp3) is 0.429. The third kappa shape index (κ3) is 2.51. The van der Waals surface area contributed by atoms with Crippen LogP contribution in [0.2, 0.25) is 0 Å². The molecule has 0 amide bonds. The first-order valence-corrected chi connectivity index (χ1v) is 6.81. The summed E-state index contributed by atoms with van der Waals surface area (Å²) in [6.45, 7) is 4.07. The largest absolute Gasteiger partial charge is 0.371 e. The predicted molar refractivity (Wildman–Crippen MR) is 75.6 cm³/mol. The van der Waals surface area contributed by atoms with Crippen molar-refractivity contribution in [3.63, 3.8) is 0 Å². The van der Waals surface area contributed by atoms with Crippen molar-refractivity contribution in [2.24, 2.45) is 0 Å². The molecule has 0 radical (unpaired) electrons. The number of para-hydroxylation sites is 1. The van der Waals surface area contributed by atoms with Crippen molar-refractivity contribution in [3.05, 3.63) is 42.0 Å². The van der Waals surface area contributed by atoms with E-state index in [9.17, 15) is 0 Å². The van der Waals surface area contributed by atoms with Gasteiger partial charge in [0.1, 0.15) is 5.60 Å². The molecule has 0 aliphatic heterocycles. The molecule has 1 heterocycles. The summed E-state index contributed by atoms with van der Waals surface area (Å²) in [5, 5.41) is 8.45. The van der Waals surface area contributed by atoms with E-state index in [2.05, 4.69) is 17.1 Å². The Morgan fingerprint density at radius 1 is 1.26 bits per heavy atom. The normalized spacial score (nSPS) is 14.3. The average Bonchev–Trinajstić information content (AvgIpc) is 2.91. The molecular formula is C14H18ClN3O. The zero-order chi connectivity index (χ0) is 13.9. The molecule has 1 aromatic carbocycles. The van der Waals surface area contributed by atoms with E-state index in [4.69, 9.17) is 16.3 Å². The highest BCUT2D eigenvalue weighted by Gasteiger charge is 2.31. The molecule has 1 atom stereocenters. The van der Waals surface area contributed by atoms with Crippen LogP contribution < -0.4 is 0 Å². The summed E-state index contributed by atoms with van der Waals surface area (Å²) in [5.41, 5.74) is 0.516. The van der Waals surface area contributed by atoms with E-state index in [1.807, 2.05) is 41.8 Å². The summed E-state index contributed by atoms with van der Waals surface area (Å²) in [5.74, 6) is 1.81. The summed E-state index contributed by atoms with van der Waals surface area (Å²) >= 11 is 5.97. The van der Waals surface area contributed by atoms with Gasteiger partial charge in [0.15, 0.2) is 11.6 Å². The van der Waals surface area contributed by atoms with Crippen LogP contribution >= 0.6 is 11.6 Å². The molecule has 0 saturated heterocycles. The van der Waals surface area contributed by atoms with Gasteiger partial charge in [-0.05, 0) is 25.5 Å². The maximum Gasteiger partial charge on any atom is 0.169 e. The first-order valence-electron chi connectivity index (χ1n) is 6.27. The van der Waals surface area contributed by atoms with Gasteiger partial charge in [-0.25, -0.2) is 0 Å². The minimum absolute atomic E-state index is 0.311. The molecule has 4 nitrogen and oxygen atoms in total. The zero-order valence-electron chi connectivity index (χ0n) is 11.4. The summed E-state index contributed by atoms with van der Waals surface area (Å²) in [6.07, 6.45) is 0.802. The number of hydrogen-bond donors (Lipinski definition) is 0.